The van der Waals surface area contributed by atoms with Crippen LogP contribution in [0.3, 0.4) is 0 Å². The first kappa shape index (κ1) is 19.1. The van der Waals surface area contributed by atoms with Gasteiger partial charge in [-0.25, -0.2) is 4.98 Å². The summed E-state index contributed by atoms with van der Waals surface area (Å²) in [5, 5.41) is 4.93. The maximum absolute atomic E-state index is 5.68. The lowest BCUT2D eigenvalue weighted by Gasteiger charge is -2.22. The van der Waals surface area contributed by atoms with Crippen molar-refractivity contribution in [2.45, 2.75) is 76.7 Å². The molecule has 0 atom stereocenters. The fourth-order valence-corrected chi connectivity index (χ4v) is 5.10. The predicted molar refractivity (Wildman–Crippen MR) is 118 cm³/mol. The molecule has 3 aliphatic rings. The van der Waals surface area contributed by atoms with Gasteiger partial charge in [-0.05, 0) is 119 Å². The lowest BCUT2D eigenvalue weighted by molar-refractivity contribution is 0.324. The number of hydrogen-bond donors (Lipinski definition) is 2. The summed E-state index contributed by atoms with van der Waals surface area (Å²) in [6.45, 7) is 3.77. The van der Waals surface area contributed by atoms with E-state index in [1.807, 2.05) is 0 Å². The number of nitrogens with zero attached hydrogens (tertiary/aromatic N) is 2. The molecule has 29 heavy (non-hydrogen) atoms. The summed E-state index contributed by atoms with van der Waals surface area (Å²) in [6, 6.07) is 5.02. The Morgan fingerprint density at radius 2 is 1.83 bits per heavy atom. The Kier molecular flexibility index (Phi) is 5.60. The quantitative estimate of drug-likeness (QED) is 0.514. The van der Waals surface area contributed by atoms with Gasteiger partial charge in [0.15, 0.2) is 5.75 Å². The highest BCUT2D eigenvalue weighted by Crippen LogP contribution is 2.37. The van der Waals surface area contributed by atoms with Gasteiger partial charge in [-0.1, -0.05) is 0 Å². The third-order valence-corrected chi connectivity index (χ3v) is 6.90. The number of nitrogens with one attached hydrogen (secondary N) is 1. The standard InChI is InChI=1S/C24H34N4O/c25-29-23-16-21-19-8-1-2-9-20(19)24(26-18-10-11-18)27-22(21)15-17(23)7-3-4-12-28-13-5-6-14-28/h15-16,18H,1-14,25H2,(H,26,27). The first-order chi connectivity index (χ1) is 14.3. The van der Waals surface area contributed by atoms with Crippen LogP contribution in [-0.2, 0) is 19.3 Å². The molecule has 1 aromatic carbocycles. The molecule has 2 aliphatic carbocycles. The molecule has 156 valence electrons. The SMILES string of the molecule is NOc1cc2c3c(c(NC4CC4)nc2cc1CCCCN1CCCC1)CCCC3. The number of nitrogens with two attached hydrogens (primary N) is 1. The summed E-state index contributed by atoms with van der Waals surface area (Å²) in [4.78, 5) is 13.0. The zero-order chi connectivity index (χ0) is 19.6. The van der Waals surface area contributed by atoms with Crippen molar-refractivity contribution in [1.82, 2.24) is 9.88 Å². The first-order valence-corrected chi connectivity index (χ1v) is 11.7. The molecule has 2 fully saturated rings. The van der Waals surface area contributed by atoms with Crippen LogP contribution in [0.2, 0.25) is 0 Å². The second kappa shape index (κ2) is 8.49. The minimum atomic E-state index is 0.627. The number of pyridine rings is 1. The number of rotatable bonds is 8. The number of fused-ring (bicyclic) bond motifs is 3. The van der Waals surface area contributed by atoms with E-state index < -0.39 is 0 Å². The van der Waals surface area contributed by atoms with Gasteiger partial charge in [-0.2, -0.15) is 5.90 Å². The van der Waals surface area contributed by atoms with E-state index in [9.17, 15) is 0 Å². The Hall–Kier alpha value is -1.85. The van der Waals surface area contributed by atoms with E-state index in [2.05, 4.69) is 22.3 Å². The second-order valence-electron chi connectivity index (χ2n) is 9.14. The molecule has 1 aliphatic heterocycles. The number of hydrogen-bond acceptors (Lipinski definition) is 5. The predicted octanol–water partition coefficient (Wildman–Crippen LogP) is 4.36. The molecule has 5 rings (SSSR count). The Labute approximate surface area is 174 Å². The fourth-order valence-electron chi connectivity index (χ4n) is 5.10. The van der Waals surface area contributed by atoms with Gasteiger partial charge in [0.1, 0.15) is 5.82 Å². The van der Waals surface area contributed by atoms with Crippen molar-refractivity contribution in [2.75, 3.05) is 25.0 Å². The summed E-state index contributed by atoms with van der Waals surface area (Å²) in [5.41, 5.74) is 5.19. The summed E-state index contributed by atoms with van der Waals surface area (Å²) in [5.74, 6) is 7.65. The topological polar surface area (TPSA) is 63.4 Å². The molecule has 0 spiro atoms. The number of aromatic nitrogens is 1. The number of unbranched alkanes of at least 4 members (excludes halogenated alkanes) is 1. The highest BCUT2D eigenvalue weighted by molar-refractivity contribution is 5.88. The number of aryl methyl sites for hydroxylation is 2. The Balaban J connectivity index is 1.40. The molecular formula is C24H34N4O. The lowest BCUT2D eigenvalue weighted by atomic mass is 9.88. The van der Waals surface area contributed by atoms with Crippen molar-refractivity contribution in [3.8, 4) is 5.75 Å². The van der Waals surface area contributed by atoms with Crippen molar-refractivity contribution in [2.24, 2.45) is 5.90 Å². The van der Waals surface area contributed by atoms with Crippen LogP contribution in [0, 0.1) is 0 Å². The highest BCUT2D eigenvalue weighted by Gasteiger charge is 2.26. The van der Waals surface area contributed by atoms with Gasteiger partial charge in [0.2, 0.25) is 0 Å². The maximum Gasteiger partial charge on any atom is 0.150 e. The van der Waals surface area contributed by atoms with Gasteiger partial charge < -0.3 is 15.1 Å². The van der Waals surface area contributed by atoms with E-state index in [-0.39, 0.29) is 0 Å². The Bertz CT molecular complexity index is 871. The molecule has 0 amide bonds. The molecule has 0 radical (unpaired) electrons. The van der Waals surface area contributed by atoms with E-state index >= 15 is 0 Å². The molecule has 0 bridgehead atoms. The van der Waals surface area contributed by atoms with Crippen molar-refractivity contribution < 1.29 is 4.84 Å². The van der Waals surface area contributed by atoms with Gasteiger partial charge in [-0.15, -0.1) is 0 Å². The lowest BCUT2D eigenvalue weighted by Crippen LogP contribution is -2.20. The van der Waals surface area contributed by atoms with Crippen molar-refractivity contribution in [1.29, 1.82) is 0 Å². The van der Waals surface area contributed by atoms with Crippen LogP contribution in [0.15, 0.2) is 12.1 Å². The van der Waals surface area contributed by atoms with Gasteiger partial charge in [0.05, 0.1) is 5.52 Å². The minimum Gasteiger partial charge on any atom is -0.411 e. The molecule has 0 unspecified atom stereocenters. The van der Waals surface area contributed by atoms with Gasteiger partial charge in [0.25, 0.3) is 0 Å². The van der Waals surface area contributed by atoms with Gasteiger partial charge >= 0.3 is 0 Å². The van der Waals surface area contributed by atoms with E-state index in [1.165, 1.54) is 86.7 Å². The molecule has 1 saturated heterocycles. The smallest absolute Gasteiger partial charge is 0.150 e. The maximum atomic E-state index is 5.68. The van der Waals surface area contributed by atoms with Crippen molar-refractivity contribution in [3.63, 3.8) is 0 Å². The summed E-state index contributed by atoms with van der Waals surface area (Å²) < 4.78 is 0. The van der Waals surface area contributed by atoms with Gasteiger partial charge in [0, 0.05) is 11.4 Å². The van der Waals surface area contributed by atoms with Crippen molar-refractivity contribution in [3.05, 3.63) is 28.8 Å². The van der Waals surface area contributed by atoms with E-state index in [1.54, 1.807) is 0 Å². The molecule has 5 nitrogen and oxygen atoms in total. The van der Waals surface area contributed by atoms with Crippen LogP contribution in [0.1, 0.15) is 68.1 Å². The van der Waals surface area contributed by atoms with E-state index in [0.717, 1.165) is 42.8 Å². The molecule has 1 saturated carbocycles. The third-order valence-electron chi connectivity index (χ3n) is 6.90. The molecule has 1 aromatic heterocycles. The van der Waals surface area contributed by atoms with Crippen LogP contribution in [-0.4, -0.2) is 35.6 Å². The Morgan fingerprint density at radius 3 is 2.59 bits per heavy atom. The molecule has 3 N–H and O–H groups in total. The average Bonchev–Trinajstić information content (AvgIpc) is 3.42. The first-order valence-electron chi connectivity index (χ1n) is 11.7. The molecule has 5 heteroatoms. The van der Waals surface area contributed by atoms with E-state index in [0.29, 0.717) is 6.04 Å². The minimum absolute atomic E-state index is 0.627. The molecular weight excluding hydrogens is 360 g/mol. The fraction of sp³-hybridized carbons (Fsp3) is 0.625. The molecule has 2 aromatic rings. The highest BCUT2D eigenvalue weighted by atomic mass is 16.6. The number of anilines is 1. The zero-order valence-corrected chi connectivity index (χ0v) is 17.5. The monoisotopic (exact) mass is 394 g/mol. The van der Waals surface area contributed by atoms with E-state index in [4.69, 9.17) is 15.7 Å². The summed E-state index contributed by atoms with van der Waals surface area (Å²) >= 11 is 0. The molecule has 2 heterocycles. The summed E-state index contributed by atoms with van der Waals surface area (Å²) in [7, 11) is 0. The van der Waals surface area contributed by atoms with Crippen LogP contribution < -0.4 is 16.1 Å². The largest absolute Gasteiger partial charge is 0.411 e. The second-order valence-corrected chi connectivity index (χ2v) is 9.14. The number of likely N-dealkylation sites (tertiary alicyclic amines) is 1. The van der Waals surface area contributed by atoms with Gasteiger partial charge in [-0.3, -0.25) is 0 Å². The normalized spacial score (nSPS) is 19.5. The van der Waals surface area contributed by atoms with Crippen LogP contribution in [0.25, 0.3) is 10.9 Å². The zero-order valence-electron chi connectivity index (χ0n) is 17.5. The summed E-state index contributed by atoms with van der Waals surface area (Å²) in [6.07, 6.45) is 13.4. The van der Waals surface area contributed by atoms with Crippen LogP contribution in [0.4, 0.5) is 5.82 Å². The number of benzene rings is 1. The van der Waals surface area contributed by atoms with Crippen LogP contribution >= 0.6 is 0 Å². The third kappa shape index (κ3) is 4.22. The van der Waals surface area contributed by atoms with Crippen LogP contribution in [0.5, 0.6) is 5.75 Å². The Morgan fingerprint density at radius 1 is 1.03 bits per heavy atom. The van der Waals surface area contributed by atoms with Crippen molar-refractivity contribution >= 4 is 16.7 Å². The average molecular weight is 395 g/mol.